The molecule has 5 rings (SSSR count). The predicted octanol–water partition coefficient (Wildman–Crippen LogP) is 5.88. The van der Waals surface area contributed by atoms with Crippen LogP contribution in [0.15, 0.2) is 91.0 Å². The third kappa shape index (κ3) is 3.01. The first-order chi connectivity index (χ1) is 14.2. The summed E-state index contributed by atoms with van der Waals surface area (Å²) in [6.45, 7) is 2.07. The minimum atomic E-state index is -0.0553. The van der Waals surface area contributed by atoms with E-state index in [1.165, 1.54) is 0 Å². The van der Waals surface area contributed by atoms with Gasteiger partial charge in [-0.3, -0.25) is 4.79 Å². The summed E-state index contributed by atoms with van der Waals surface area (Å²) < 4.78 is 0. The molecule has 29 heavy (non-hydrogen) atoms. The molecule has 0 saturated heterocycles. The van der Waals surface area contributed by atoms with Crippen LogP contribution in [0.1, 0.15) is 29.8 Å². The first kappa shape index (κ1) is 17.4. The summed E-state index contributed by atoms with van der Waals surface area (Å²) in [4.78, 5) is 20.1. The Labute approximate surface area is 169 Å². The number of aromatic nitrogens is 1. The number of carbonyl (C=O) groups excluding carboxylic acids is 1. The summed E-state index contributed by atoms with van der Waals surface area (Å²) in [7, 11) is 0. The number of pyridine rings is 1. The minimum absolute atomic E-state index is 0.0116. The Morgan fingerprint density at radius 3 is 2.41 bits per heavy atom. The van der Waals surface area contributed by atoms with E-state index in [0.717, 1.165) is 33.4 Å². The Bertz CT molecular complexity index is 1240. The lowest BCUT2D eigenvalue weighted by Gasteiger charge is -2.25. The topological polar surface area (TPSA) is 33.2 Å². The Balaban J connectivity index is 1.60. The molecule has 0 fully saturated rings. The van der Waals surface area contributed by atoms with Crippen LogP contribution in [0.5, 0.6) is 0 Å². The molecular formula is C26H20N2O. The molecule has 1 atom stereocenters. The highest BCUT2D eigenvalue weighted by Gasteiger charge is 2.35. The maximum atomic E-state index is 13.5. The lowest BCUT2D eigenvalue weighted by molar-refractivity contribution is -0.113. The number of hydrogen-bond acceptors (Lipinski definition) is 2. The molecule has 0 saturated carbocycles. The molecule has 0 bridgehead atoms. The van der Waals surface area contributed by atoms with Gasteiger partial charge >= 0.3 is 0 Å². The first-order valence-electron chi connectivity index (χ1n) is 9.78. The van der Waals surface area contributed by atoms with Crippen molar-refractivity contribution in [3.8, 4) is 0 Å². The second-order valence-electron chi connectivity index (χ2n) is 7.27. The number of hydrogen-bond donors (Lipinski definition) is 0. The molecule has 1 aliphatic rings. The largest absolute Gasteiger partial charge is 0.301 e. The lowest BCUT2D eigenvalue weighted by atomic mass is 10.1. The number of fused-ring (bicyclic) bond motifs is 2. The van der Waals surface area contributed by atoms with Gasteiger partial charge in [0.05, 0.1) is 28.5 Å². The van der Waals surface area contributed by atoms with E-state index in [1.54, 1.807) is 0 Å². The number of carbonyl (C=O) groups is 1. The molecule has 1 unspecified atom stereocenters. The van der Waals surface area contributed by atoms with Gasteiger partial charge in [-0.2, -0.15) is 0 Å². The van der Waals surface area contributed by atoms with Gasteiger partial charge in [-0.25, -0.2) is 4.98 Å². The van der Waals surface area contributed by atoms with Crippen LogP contribution in [0.4, 0.5) is 5.69 Å². The second kappa shape index (κ2) is 7.02. The summed E-state index contributed by atoms with van der Waals surface area (Å²) >= 11 is 0. The van der Waals surface area contributed by atoms with Crippen molar-refractivity contribution in [2.45, 2.75) is 13.0 Å². The Kier molecular flexibility index (Phi) is 4.21. The van der Waals surface area contributed by atoms with Gasteiger partial charge in [-0.1, -0.05) is 72.8 Å². The van der Waals surface area contributed by atoms with Crippen LogP contribution in [-0.2, 0) is 4.79 Å². The zero-order valence-corrected chi connectivity index (χ0v) is 16.1. The number of amides is 1. The molecule has 3 heteroatoms. The second-order valence-corrected chi connectivity index (χ2v) is 7.27. The number of anilines is 1. The molecule has 3 nitrogen and oxygen atoms in total. The standard InChI is InChI=1S/C26H20N2O/c1-18(19-9-3-2-4-10-19)28-25-14-8-6-12-22(25)23(26(28)29)17-21-16-15-20-11-5-7-13-24(20)27-21/h2-18H,1H3/b23-17-. The van der Waals surface area contributed by atoms with Gasteiger partial charge < -0.3 is 4.90 Å². The van der Waals surface area contributed by atoms with E-state index in [0.29, 0.717) is 5.57 Å². The van der Waals surface area contributed by atoms with E-state index in [1.807, 2.05) is 89.8 Å². The van der Waals surface area contributed by atoms with Crippen molar-refractivity contribution in [1.29, 1.82) is 0 Å². The molecule has 3 aromatic carbocycles. The fraction of sp³-hybridized carbons (Fsp3) is 0.0769. The van der Waals surface area contributed by atoms with Crippen molar-refractivity contribution in [3.63, 3.8) is 0 Å². The summed E-state index contributed by atoms with van der Waals surface area (Å²) in [5.41, 5.74) is 5.41. The molecular weight excluding hydrogens is 356 g/mol. The van der Waals surface area contributed by atoms with Crippen LogP contribution >= 0.6 is 0 Å². The molecule has 0 spiro atoms. The molecule has 4 aromatic rings. The monoisotopic (exact) mass is 376 g/mol. The third-order valence-electron chi connectivity index (χ3n) is 5.48. The van der Waals surface area contributed by atoms with Gasteiger partial charge in [0.2, 0.25) is 0 Å². The fourth-order valence-electron chi connectivity index (χ4n) is 3.98. The summed E-state index contributed by atoms with van der Waals surface area (Å²) in [6.07, 6.45) is 1.91. The van der Waals surface area contributed by atoms with Crippen molar-refractivity contribution in [2.75, 3.05) is 4.90 Å². The molecule has 0 N–H and O–H groups in total. The van der Waals surface area contributed by atoms with Crippen LogP contribution in [0, 0.1) is 0 Å². The molecule has 2 heterocycles. The van der Waals surface area contributed by atoms with E-state index in [9.17, 15) is 4.79 Å². The van der Waals surface area contributed by atoms with Crippen molar-refractivity contribution < 1.29 is 4.79 Å². The highest BCUT2D eigenvalue weighted by Crippen LogP contribution is 2.42. The lowest BCUT2D eigenvalue weighted by Crippen LogP contribution is -2.29. The molecule has 1 aliphatic heterocycles. The smallest absolute Gasteiger partial charge is 0.259 e. The summed E-state index contributed by atoms with van der Waals surface area (Å²) in [6, 6.07) is 30.1. The normalized spacial score (nSPS) is 15.7. The molecule has 0 radical (unpaired) electrons. The van der Waals surface area contributed by atoms with Gasteiger partial charge in [0.25, 0.3) is 5.91 Å². The number of nitrogens with zero attached hydrogens (tertiary/aromatic N) is 2. The maximum Gasteiger partial charge on any atom is 0.259 e. The van der Waals surface area contributed by atoms with Crippen LogP contribution in [-0.4, -0.2) is 10.9 Å². The first-order valence-corrected chi connectivity index (χ1v) is 9.78. The van der Waals surface area contributed by atoms with E-state index in [4.69, 9.17) is 4.98 Å². The zero-order valence-electron chi connectivity index (χ0n) is 16.1. The molecule has 0 aliphatic carbocycles. The quantitative estimate of drug-likeness (QED) is 0.418. The molecule has 1 aromatic heterocycles. The summed E-state index contributed by atoms with van der Waals surface area (Å²) in [5, 5.41) is 1.09. The molecule has 1 amide bonds. The van der Waals surface area contributed by atoms with Gasteiger partial charge in [-0.15, -0.1) is 0 Å². The van der Waals surface area contributed by atoms with Crippen molar-refractivity contribution in [3.05, 3.63) is 108 Å². The predicted molar refractivity (Wildman–Crippen MR) is 118 cm³/mol. The summed E-state index contributed by atoms with van der Waals surface area (Å²) in [5.74, 6) is 0.0116. The van der Waals surface area contributed by atoms with Crippen LogP contribution in [0.3, 0.4) is 0 Å². The number of rotatable bonds is 3. The van der Waals surface area contributed by atoms with Crippen LogP contribution in [0.25, 0.3) is 22.6 Å². The highest BCUT2D eigenvalue weighted by atomic mass is 16.2. The average molecular weight is 376 g/mol. The SMILES string of the molecule is CC(c1ccccc1)N1C(=O)/C(=C\c2ccc3ccccc3n2)c2ccccc21. The van der Waals surface area contributed by atoms with Crippen molar-refractivity contribution in [2.24, 2.45) is 0 Å². The molecule has 140 valence electrons. The Hall–Kier alpha value is -3.72. The Morgan fingerprint density at radius 2 is 1.55 bits per heavy atom. The highest BCUT2D eigenvalue weighted by molar-refractivity contribution is 6.36. The minimum Gasteiger partial charge on any atom is -0.301 e. The van der Waals surface area contributed by atoms with E-state index in [-0.39, 0.29) is 11.9 Å². The zero-order chi connectivity index (χ0) is 19.8. The third-order valence-corrected chi connectivity index (χ3v) is 5.48. The van der Waals surface area contributed by atoms with E-state index >= 15 is 0 Å². The number of para-hydroxylation sites is 2. The van der Waals surface area contributed by atoms with Gasteiger partial charge in [0.1, 0.15) is 0 Å². The van der Waals surface area contributed by atoms with Gasteiger partial charge in [0.15, 0.2) is 0 Å². The van der Waals surface area contributed by atoms with E-state index < -0.39 is 0 Å². The fourth-order valence-corrected chi connectivity index (χ4v) is 3.98. The van der Waals surface area contributed by atoms with Gasteiger partial charge in [-0.05, 0) is 36.8 Å². The Morgan fingerprint density at radius 1 is 0.828 bits per heavy atom. The van der Waals surface area contributed by atoms with Crippen LogP contribution in [0.2, 0.25) is 0 Å². The maximum absolute atomic E-state index is 13.5. The average Bonchev–Trinajstić information content (AvgIpc) is 3.05. The van der Waals surface area contributed by atoms with Crippen molar-refractivity contribution in [1.82, 2.24) is 4.98 Å². The van der Waals surface area contributed by atoms with E-state index in [2.05, 4.69) is 19.1 Å². The van der Waals surface area contributed by atoms with Gasteiger partial charge in [0, 0.05) is 10.9 Å². The number of benzene rings is 3. The van der Waals surface area contributed by atoms with Crippen LogP contribution < -0.4 is 4.90 Å². The van der Waals surface area contributed by atoms with Crippen molar-refractivity contribution >= 4 is 34.1 Å².